The third kappa shape index (κ3) is 3.81. The second-order valence-corrected chi connectivity index (χ2v) is 5.85. The molecule has 0 bridgehead atoms. The quantitative estimate of drug-likeness (QED) is 0.757. The Kier molecular flexibility index (Phi) is 4.91. The number of aliphatic hydroxyl groups excluding tert-OH is 1. The lowest BCUT2D eigenvalue weighted by Gasteiger charge is -2.16. The molecule has 2 aromatic heterocycles. The van der Waals surface area contributed by atoms with Crippen LogP contribution in [0.25, 0.3) is 11.5 Å². The first-order valence-corrected chi connectivity index (χ1v) is 7.94. The molecule has 3 rings (SSSR count). The number of ether oxygens (including phenoxy) is 1. The van der Waals surface area contributed by atoms with Crippen molar-refractivity contribution in [3.63, 3.8) is 0 Å². The molecule has 0 saturated heterocycles. The molecule has 5 nitrogen and oxygen atoms in total. The van der Waals surface area contributed by atoms with Gasteiger partial charge in [0.25, 0.3) is 0 Å². The summed E-state index contributed by atoms with van der Waals surface area (Å²) in [4.78, 5) is 8.64. The lowest BCUT2D eigenvalue weighted by molar-refractivity contribution is 0.0925. The molecule has 0 aliphatic carbocycles. The van der Waals surface area contributed by atoms with Crippen molar-refractivity contribution in [3.8, 4) is 17.3 Å². The third-order valence-corrected chi connectivity index (χ3v) is 3.78. The van der Waals surface area contributed by atoms with Crippen LogP contribution in [0.3, 0.4) is 0 Å². The molecule has 1 aromatic carbocycles. The van der Waals surface area contributed by atoms with Crippen LogP contribution < -0.4 is 4.74 Å². The molecule has 24 heavy (non-hydrogen) atoms. The lowest BCUT2D eigenvalue weighted by atomic mass is 10.1. The zero-order valence-electron chi connectivity index (χ0n) is 13.9. The van der Waals surface area contributed by atoms with Crippen LogP contribution in [0.1, 0.15) is 11.1 Å². The summed E-state index contributed by atoms with van der Waals surface area (Å²) >= 11 is 0. The summed E-state index contributed by atoms with van der Waals surface area (Å²) in [7, 11) is 0. The fourth-order valence-corrected chi connectivity index (χ4v) is 2.61. The van der Waals surface area contributed by atoms with Crippen LogP contribution >= 0.6 is 0 Å². The maximum Gasteiger partial charge on any atom is 0.158 e. The molecule has 124 valence electrons. The Morgan fingerprint density at radius 2 is 2.00 bits per heavy atom. The standard InChI is InChI=1S/C19H21N3O2/c1-14-6-7-18(15(2)11-14)24-13-16(23)12-22-10-9-21-19(22)17-5-3-4-8-20-17/h3-11,16,23H,12-13H2,1-2H3/t16-/m0/s1. The molecule has 0 spiro atoms. The Labute approximate surface area is 141 Å². The van der Waals surface area contributed by atoms with E-state index >= 15 is 0 Å². The van der Waals surface area contributed by atoms with E-state index in [1.54, 1.807) is 12.4 Å². The van der Waals surface area contributed by atoms with Crippen LogP contribution in [0.2, 0.25) is 0 Å². The van der Waals surface area contributed by atoms with Gasteiger partial charge in [0.15, 0.2) is 5.82 Å². The SMILES string of the molecule is Cc1ccc(OC[C@@H](O)Cn2ccnc2-c2ccccn2)c(C)c1. The number of rotatable bonds is 6. The highest BCUT2D eigenvalue weighted by molar-refractivity contribution is 5.49. The van der Waals surface area contributed by atoms with E-state index in [1.165, 1.54) is 5.56 Å². The summed E-state index contributed by atoms with van der Waals surface area (Å²) in [5.74, 6) is 1.54. The average molecular weight is 323 g/mol. The number of hydrogen-bond acceptors (Lipinski definition) is 4. The Morgan fingerprint density at radius 1 is 1.12 bits per heavy atom. The molecular formula is C19H21N3O2. The zero-order chi connectivity index (χ0) is 16.9. The van der Waals surface area contributed by atoms with E-state index in [0.717, 1.165) is 22.8 Å². The predicted octanol–water partition coefficient (Wildman–Crippen LogP) is 3.00. The largest absolute Gasteiger partial charge is 0.491 e. The summed E-state index contributed by atoms with van der Waals surface area (Å²) in [5.41, 5.74) is 3.04. The normalized spacial score (nSPS) is 12.1. The summed E-state index contributed by atoms with van der Waals surface area (Å²) in [5, 5.41) is 10.3. The number of pyridine rings is 1. The predicted molar refractivity (Wildman–Crippen MR) is 92.9 cm³/mol. The van der Waals surface area contributed by atoms with E-state index in [-0.39, 0.29) is 6.61 Å². The Hall–Kier alpha value is -2.66. The van der Waals surface area contributed by atoms with Crippen LogP contribution in [-0.4, -0.2) is 32.4 Å². The molecule has 1 N–H and O–H groups in total. The van der Waals surface area contributed by atoms with Crippen molar-refractivity contribution in [1.29, 1.82) is 0 Å². The monoisotopic (exact) mass is 323 g/mol. The molecule has 0 fully saturated rings. The van der Waals surface area contributed by atoms with Crippen LogP contribution in [0, 0.1) is 13.8 Å². The van der Waals surface area contributed by atoms with Gasteiger partial charge in [0.2, 0.25) is 0 Å². The van der Waals surface area contributed by atoms with Gasteiger partial charge < -0.3 is 14.4 Å². The zero-order valence-corrected chi connectivity index (χ0v) is 13.9. The van der Waals surface area contributed by atoms with Gasteiger partial charge >= 0.3 is 0 Å². The van der Waals surface area contributed by atoms with E-state index in [2.05, 4.69) is 16.0 Å². The number of aryl methyl sites for hydroxylation is 2. The molecule has 1 atom stereocenters. The van der Waals surface area contributed by atoms with Crippen LogP contribution in [0.5, 0.6) is 5.75 Å². The van der Waals surface area contributed by atoms with E-state index in [9.17, 15) is 5.11 Å². The molecule has 0 saturated carbocycles. The Bertz CT molecular complexity index is 799. The third-order valence-electron chi connectivity index (χ3n) is 3.78. The molecule has 0 aliphatic rings. The summed E-state index contributed by atoms with van der Waals surface area (Å²) < 4.78 is 7.64. The van der Waals surface area contributed by atoms with Crippen molar-refractivity contribution in [3.05, 3.63) is 66.1 Å². The van der Waals surface area contributed by atoms with Gasteiger partial charge in [-0.2, -0.15) is 0 Å². The number of aliphatic hydroxyl groups is 1. The Morgan fingerprint density at radius 3 is 2.75 bits per heavy atom. The summed E-state index contributed by atoms with van der Waals surface area (Å²) in [6.07, 6.45) is 4.64. The summed E-state index contributed by atoms with van der Waals surface area (Å²) in [6, 6.07) is 11.7. The average Bonchev–Trinajstić information content (AvgIpc) is 3.03. The van der Waals surface area contributed by atoms with Crippen LogP contribution in [0.15, 0.2) is 55.0 Å². The van der Waals surface area contributed by atoms with Crippen molar-refractivity contribution in [2.75, 3.05) is 6.61 Å². The molecule has 0 aliphatic heterocycles. The molecule has 5 heteroatoms. The number of benzene rings is 1. The molecule has 3 aromatic rings. The number of aromatic nitrogens is 3. The lowest BCUT2D eigenvalue weighted by Crippen LogP contribution is -2.24. The molecule has 0 radical (unpaired) electrons. The van der Waals surface area contributed by atoms with Crippen molar-refractivity contribution >= 4 is 0 Å². The fraction of sp³-hybridized carbons (Fsp3) is 0.263. The molecule has 0 amide bonds. The first-order chi connectivity index (χ1) is 11.6. The second-order valence-electron chi connectivity index (χ2n) is 5.85. The van der Waals surface area contributed by atoms with Gasteiger partial charge in [-0.15, -0.1) is 0 Å². The fourth-order valence-electron chi connectivity index (χ4n) is 2.61. The van der Waals surface area contributed by atoms with Gasteiger partial charge in [0.1, 0.15) is 24.2 Å². The van der Waals surface area contributed by atoms with Crippen molar-refractivity contribution in [2.45, 2.75) is 26.5 Å². The van der Waals surface area contributed by atoms with Gasteiger partial charge in [0.05, 0.1) is 6.54 Å². The maximum absolute atomic E-state index is 10.3. The van der Waals surface area contributed by atoms with Gasteiger partial charge in [0, 0.05) is 18.6 Å². The first kappa shape index (κ1) is 16.2. The van der Waals surface area contributed by atoms with E-state index in [4.69, 9.17) is 4.74 Å². The van der Waals surface area contributed by atoms with E-state index in [0.29, 0.717) is 6.54 Å². The molecule has 2 heterocycles. The van der Waals surface area contributed by atoms with E-state index in [1.807, 2.05) is 54.9 Å². The smallest absolute Gasteiger partial charge is 0.158 e. The minimum absolute atomic E-state index is 0.226. The minimum Gasteiger partial charge on any atom is -0.491 e. The number of nitrogens with zero attached hydrogens (tertiary/aromatic N) is 3. The molecule has 0 unspecified atom stereocenters. The van der Waals surface area contributed by atoms with Gasteiger partial charge in [-0.3, -0.25) is 4.98 Å². The molecular weight excluding hydrogens is 302 g/mol. The maximum atomic E-state index is 10.3. The topological polar surface area (TPSA) is 60.2 Å². The van der Waals surface area contributed by atoms with Crippen molar-refractivity contribution in [1.82, 2.24) is 14.5 Å². The summed E-state index contributed by atoms with van der Waals surface area (Å²) in [6.45, 7) is 4.67. The van der Waals surface area contributed by atoms with Crippen LogP contribution in [-0.2, 0) is 6.54 Å². The van der Waals surface area contributed by atoms with Crippen molar-refractivity contribution < 1.29 is 9.84 Å². The second kappa shape index (κ2) is 7.27. The van der Waals surface area contributed by atoms with Gasteiger partial charge in [-0.25, -0.2) is 4.98 Å². The highest BCUT2D eigenvalue weighted by Gasteiger charge is 2.12. The first-order valence-electron chi connectivity index (χ1n) is 7.94. The van der Waals surface area contributed by atoms with Gasteiger partial charge in [-0.05, 0) is 37.6 Å². The highest BCUT2D eigenvalue weighted by atomic mass is 16.5. The highest BCUT2D eigenvalue weighted by Crippen LogP contribution is 2.19. The number of hydrogen-bond donors (Lipinski definition) is 1. The van der Waals surface area contributed by atoms with Crippen molar-refractivity contribution in [2.24, 2.45) is 0 Å². The number of imidazole rings is 1. The minimum atomic E-state index is -0.637. The Balaban J connectivity index is 1.64. The van der Waals surface area contributed by atoms with Crippen LogP contribution in [0.4, 0.5) is 0 Å². The van der Waals surface area contributed by atoms with E-state index < -0.39 is 6.10 Å². The van der Waals surface area contributed by atoms with Gasteiger partial charge in [-0.1, -0.05) is 23.8 Å².